The molecule has 0 heterocycles. The first kappa shape index (κ1) is 16.0. The maximum Gasteiger partial charge on any atom is 0.332 e. The van der Waals surface area contributed by atoms with E-state index in [1.807, 2.05) is 6.92 Å². The molecule has 0 saturated carbocycles. The summed E-state index contributed by atoms with van der Waals surface area (Å²) in [7, 11) is -3.85. The number of sulfonamides is 1. The average Bonchev–Trinajstić information content (AvgIpc) is 2.37. The van der Waals surface area contributed by atoms with Gasteiger partial charge in [-0.1, -0.05) is 22.2 Å². The Kier molecular flexibility index (Phi) is 5.57. The summed E-state index contributed by atoms with van der Waals surface area (Å²) in [6.45, 7) is 5.22. The van der Waals surface area contributed by atoms with Crippen molar-refractivity contribution in [2.24, 2.45) is 9.63 Å². The Bertz CT molecular complexity index is 631. The zero-order valence-electron chi connectivity index (χ0n) is 11.5. The van der Waals surface area contributed by atoms with E-state index in [4.69, 9.17) is 0 Å². The van der Waals surface area contributed by atoms with Crippen molar-refractivity contribution < 1.29 is 17.9 Å². The van der Waals surface area contributed by atoms with E-state index in [9.17, 15) is 13.2 Å². The van der Waals surface area contributed by atoms with Crippen molar-refractivity contribution >= 4 is 16.0 Å². The van der Waals surface area contributed by atoms with Crippen LogP contribution in [0.15, 0.2) is 50.6 Å². The highest BCUT2D eigenvalue weighted by Crippen LogP contribution is 2.14. The minimum Gasteiger partial charge on any atom is -0.463 e. The fourth-order valence-corrected chi connectivity index (χ4v) is 2.07. The Balaban J connectivity index is 2.88. The first-order valence-electron chi connectivity index (χ1n) is 5.95. The van der Waals surface area contributed by atoms with Gasteiger partial charge in [-0.05, 0) is 32.9 Å². The van der Waals surface area contributed by atoms with Crippen LogP contribution in [-0.4, -0.2) is 21.0 Å². The summed E-state index contributed by atoms with van der Waals surface area (Å²) < 4.78 is 31.7. The minimum absolute atomic E-state index is 0.0517. The molecule has 0 amide bonds. The molecule has 1 aromatic carbocycles. The lowest BCUT2D eigenvalue weighted by atomic mass is 10.2. The first-order valence-corrected chi connectivity index (χ1v) is 7.39. The molecule has 0 N–H and O–H groups in total. The molecule has 0 fully saturated rings. The Morgan fingerprint density at radius 1 is 1.30 bits per heavy atom. The van der Waals surface area contributed by atoms with Gasteiger partial charge in [0.05, 0.1) is 17.2 Å². The summed E-state index contributed by atoms with van der Waals surface area (Å²) in [5.41, 5.74) is 1.10. The van der Waals surface area contributed by atoms with E-state index in [0.29, 0.717) is 0 Å². The molecule has 108 valence electrons. The van der Waals surface area contributed by atoms with Crippen LogP contribution in [0.5, 0.6) is 0 Å². The second-order valence-corrected chi connectivity index (χ2v) is 5.59. The van der Waals surface area contributed by atoms with Gasteiger partial charge < -0.3 is 4.74 Å². The van der Waals surface area contributed by atoms with E-state index >= 15 is 0 Å². The average molecular weight is 296 g/mol. The number of hydrogen-bond acceptors (Lipinski definition) is 5. The molecule has 0 aliphatic rings. The summed E-state index contributed by atoms with van der Waals surface area (Å²) in [6.07, 6.45) is 1.08. The molecule has 0 radical (unpaired) electrons. The highest BCUT2D eigenvalue weighted by Gasteiger charge is 2.12. The van der Waals surface area contributed by atoms with Gasteiger partial charge in [0.1, 0.15) is 0 Å². The number of rotatable bonds is 5. The standard InChI is InChI=1S/C13H16N2O4S/c1-4-19-13(16)9-11(3)14-15-20(17,18)12-7-5-10(2)6-8-12/h5-9H,4H2,1-3H3/b11-9+,15-14?. The number of hydrogen-bond donors (Lipinski definition) is 0. The number of esters is 1. The monoisotopic (exact) mass is 296 g/mol. The molecule has 1 rings (SSSR count). The topological polar surface area (TPSA) is 85.2 Å². The predicted octanol–water partition coefficient (Wildman–Crippen LogP) is 2.60. The molecule has 0 unspecified atom stereocenters. The summed E-state index contributed by atoms with van der Waals surface area (Å²) >= 11 is 0. The third kappa shape index (κ3) is 4.93. The van der Waals surface area contributed by atoms with Crippen LogP contribution in [0.3, 0.4) is 0 Å². The number of aryl methyl sites for hydroxylation is 1. The largest absolute Gasteiger partial charge is 0.463 e. The van der Waals surface area contributed by atoms with Gasteiger partial charge in [-0.2, -0.15) is 8.42 Å². The first-order chi connectivity index (χ1) is 9.35. The van der Waals surface area contributed by atoms with Crippen LogP contribution in [0, 0.1) is 6.92 Å². The molecule has 0 atom stereocenters. The Morgan fingerprint density at radius 2 is 1.90 bits per heavy atom. The number of nitrogens with zero attached hydrogens (tertiary/aromatic N) is 2. The van der Waals surface area contributed by atoms with Crippen molar-refractivity contribution in [2.75, 3.05) is 6.61 Å². The van der Waals surface area contributed by atoms with Crippen LogP contribution in [0.1, 0.15) is 19.4 Å². The summed E-state index contributed by atoms with van der Waals surface area (Å²) in [6, 6.07) is 6.25. The van der Waals surface area contributed by atoms with E-state index < -0.39 is 16.0 Å². The van der Waals surface area contributed by atoms with Gasteiger partial charge in [-0.3, -0.25) is 0 Å². The number of carbonyl (C=O) groups is 1. The Hall–Kier alpha value is -2.02. The fraction of sp³-hybridized carbons (Fsp3) is 0.308. The smallest absolute Gasteiger partial charge is 0.332 e. The Morgan fingerprint density at radius 3 is 2.45 bits per heavy atom. The zero-order chi connectivity index (χ0) is 15.2. The second kappa shape index (κ2) is 6.95. The number of benzene rings is 1. The third-order valence-electron chi connectivity index (χ3n) is 2.24. The molecule has 0 spiro atoms. The molecule has 20 heavy (non-hydrogen) atoms. The Labute approximate surface area is 118 Å². The lowest BCUT2D eigenvalue weighted by molar-refractivity contribution is -0.137. The maximum absolute atomic E-state index is 11.9. The van der Waals surface area contributed by atoms with Gasteiger partial charge in [-0.15, -0.1) is 5.11 Å². The lowest BCUT2D eigenvalue weighted by Crippen LogP contribution is -2.00. The van der Waals surface area contributed by atoms with E-state index in [1.165, 1.54) is 19.1 Å². The minimum atomic E-state index is -3.85. The van der Waals surface area contributed by atoms with Gasteiger partial charge >= 0.3 is 5.97 Å². The summed E-state index contributed by atoms with van der Waals surface area (Å²) in [4.78, 5) is 11.2. The highest BCUT2D eigenvalue weighted by molar-refractivity contribution is 7.90. The normalized spacial score (nSPS) is 12.7. The lowest BCUT2D eigenvalue weighted by Gasteiger charge is -1.98. The van der Waals surface area contributed by atoms with E-state index in [2.05, 4.69) is 14.4 Å². The van der Waals surface area contributed by atoms with Crippen LogP contribution in [-0.2, 0) is 19.6 Å². The van der Waals surface area contributed by atoms with Crippen molar-refractivity contribution in [3.63, 3.8) is 0 Å². The molecular formula is C13H16N2O4S. The van der Waals surface area contributed by atoms with Crippen molar-refractivity contribution in [3.05, 3.63) is 41.6 Å². The van der Waals surface area contributed by atoms with Crippen molar-refractivity contribution in [1.29, 1.82) is 0 Å². The number of carbonyl (C=O) groups excluding carboxylic acids is 1. The van der Waals surface area contributed by atoms with Crippen molar-refractivity contribution in [2.45, 2.75) is 25.7 Å². The van der Waals surface area contributed by atoms with Crippen LogP contribution in [0.25, 0.3) is 0 Å². The summed E-state index contributed by atoms with van der Waals surface area (Å²) in [5, 5.41) is 3.51. The quantitative estimate of drug-likeness (QED) is 0.475. The highest BCUT2D eigenvalue weighted by atomic mass is 32.2. The molecular weight excluding hydrogens is 280 g/mol. The van der Waals surface area contributed by atoms with Crippen LogP contribution < -0.4 is 0 Å². The third-order valence-corrected chi connectivity index (χ3v) is 3.40. The fourth-order valence-electron chi connectivity index (χ4n) is 1.26. The van der Waals surface area contributed by atoms with E-state index in [1.54, 1.807) is 19.1 Å². The van der Waals surface area contributed by atoms with Gasteiger partial charge in [0.2, 0.25) is 0 Å². The number of ether oxygens (including phenoxy) is 1. The summed E-state index contributed by atoms with van der Waals surface area (Å²) in [5.74, 6) is -0.586. The van der Waals surface area contributed by atoms with Crippen LogP contribution >= 0.6 is 0 Å². The van der Waals surface area contributed by atoms with Gasteiger partial charge in [0.15, 0.2) is 0 Å². The van der Waals surface area contributed by atoms with Crippen LogP contribution in [0.2, 0.25) is 0 Å². The van der Waals surface area contributed by atoms with Crippen molar-refractivity contribution in [1.82, 2.24) is 0 Å². The maximum atomic E-state index is 11.9. The predicted molar refractivity (Wildman–Crippen MR) is 73.6 cm³/mol. The molecule has 0 bridgehead atoms. The molecule has 0 saturated heterocycles. The molecule has 1 aromatic rings. The second-order valence-electron chi connectivity index (χ2n) is 4.01. The van der Waals surface area contributed by atoms with Gasteiger partial charge in [0, 0.05) is 6.08 Å². The van der Waals surface area contributed by atoms with E-state index in [0.717, 1.165) is 11.6 Å². The van der Waals surface area contributed by atoms with E-state index in [-0.39, 0.29) is 17.2 Å². The molecule has 0 aromatic heterocycles. The molecule has 0 aliphatic carbocycles. The van der Waals surface area contributed by atoms with Gasteiger partial charge in [0.25, 0.3) is 10.0 Å². The van der Waals surface area contributed by atoms with Crippen molar-refractivity contribution in [3.8, 4) is 0 Å². The molecule has 0 aliphatic heterocycles. The molecule has 6 nitrogen and oxygen atoms in total. The van der Waals surface area contributed by atoms with Crippen LogP contribution in [0.4, 0.5) is 0 Å². The molecule has 7 heteroatoms. The SMILES string of the molecule is CCOC(=O)/C=C(\C)N=NS(=O)(=O)c1ccc(C)cc1. The zero-order valence-corrected chi connectivity index (χ0v) is 12.3. The number of allylic oxidation sites excluding steroid dienone is 1. The van der Waals surface area contributed by atoms with Gasteiger partial charge in [-0.25, -0.2) is 4.79 Å².